The van der Waals surface area contributed by atoms with Crippen molar-refractivity contribution in [3.63, 3.8) is 0 Å². The van der Waals surface area contributed by atoms with Gasteiger partial charge in [0.1, 0.15) is 6.61 Å². The molecule has 0 fully saturated rings. The minimum atomic E-state index is 0.0927. The van der Waals surface area contributed by atoms with E-state index in [2.05, 4.69) is 20.8 Å². The lowest BCUT2D eigenvalue weighted by Crippen LogP contribution is -2.34. The summed E-state index contributed by atoms with van der Waals surface area (Å²) in [6.07, 6.45) is 6.38. The summed E-state index contributed by atoms with van der Waals surface area (Å²) in [4.78, 5) is 0. The average Bonchev–Trinajstić information content (AvgIpc) is 2.64. The summed E-state index contributed by atoms with van der Waals surface area (Å²) in [5.41, 5.74) is 5.01. The summed E-state index contributed by atoms with van der Waals surface area (Å²) in [7, 11) is 0. The average molecular weight is 343 g/mol. The Labute approximate surface area is 146 Å². The highest BCUT2D eigenvalue weighted by atomic mass is 16.5. The van der Waals surface area contributed by atoms with Crippen molar-refractivity contribution in [2.45, 2.75) is 33.2 Å². The normalized spacial score (nSPS) is 11.9. The van der Waals surface area contributed by atoms with Crippen molar-refractivity contribution in [1.82, 2.24) is 0 Å². The number of nitrogens with zero attached hydrogens (tertiary/aromatic N) is 5. The molecule has 0 amide bonds. The summed E-state index contributed by atoms with van der Waals surface area (Å²) in [5, 5.41) is 33.0. The van der Waals surface area contributed by atoms with Gasteiger partial charge in [0.15, 0.2) is 36.7 Å². The van der Waals surface area contributed by atoms with Crippen LogP contribution in [0.5, 0.6) is 0 Å². The van der Waals surface area contributed by atoms with E-state index >= 15 is 0 Å². The zero-order valence-electron chi connectivity index (χ0n) is 14.5. The fourth-order valence-corrected chi connectivity index (χ4v) is 2.06. The van der Waals surface area contributed by atoms with E-state index in [1.165, 1.54) is 6.20 Å². The Morgan fingerprint density at radius 2 is 1.96 bits per heavy atom. The van der Waals surface area contributed by atoms with Crippen molar-refractivity contribution in [1.29, 1.82) is 0 Å². The Morgan fingerprint density at radius 1 is 1.20 bits per heavy atom. The van der Waals surface area contributed by atoms with Crippen LogP contribution in [0.4, 0.5) is 11.4 Å². The molecule has 132 valence electrons. The van der Waals surface area contributed by atoms with Crippen molar-refractivity contribution in [2.24, 2.45) is 15.3 Å². The van der Waals surface area contributed by atoms with Crippen LogP contribution in [-0.4, -0.2) is 17.5 Å². The molecular formula is C17H23N6O2+. The number of aliphatic hydroxyl groups excluding tert-OH is 1. The van der Waals surface area contributed by atoms with Crippen LogP contribution in [0.3, 0.4) is 0 Å². The molecule has 25 heavy (non-hydrogen) atoms. The molecule has 0 saturated carbocycles. The lowest BCUT2D eigenvalue weighted by molar-refractivity contribution is -0.698. The van der Waals surface area contributed by atoms with E-state index in [1.807, 2.05) is 42.9 Å². The van der Waals surface area contributed by atoms with Gasteiger partial charge in [0.2, 0.25) is 0 Å². The Hall–Kier alpha value is -2.87. The molecular weight excluding hydrogens is 320 g/mol. The summed E-state index contributed by atoms with van der Waals surface area (Å²) in [5.74, 6) is 0.545. The lowest BCUT2D eigenvalue weighted by Gasteiger charge is -2.05. The summed E-state index contributed by atoms with van der Waals surface area (Å²) >= 11 is 0. The van der Waals surface area contributed by atoms with Crippen molar-refractivity contribution in [3.05, 3.63) is 53.8 Å². The first-order valence-electron chi connectivity index (χ1n) is 8.22. The molecule has 8 nitrogen and oxygen atoms in total. The van der Waals surface area contributed by atoms with Crippen molar-refractivity contribution in [3.8, 4) is 0 Å². The third-order valence-corrected chi connectivity index (χ3v) is 3.50. The van der Waals surface area contributed by atoms with Crippen LogP contribution in [0.15, 0.2) is 58.2 Å². The monoisotopic (exact) mass is 343 g/mol. The fourth-order valence-electron chi connectivity index (χ4n) is 2.06. The predicted molar refractivity (Wildman–Crippen MR) is 94.4 cm³/mol. The van der Waals surface area contributed by atoms with E-state index in [0.717, 1.165) is 10.4 Å². The van der Waals surface area contributed by atoms with Gasteiger partial charge < -0.3 is 10.3 Å². The second-order valence-corrected chi connectivity index (χ2v) is 5.30. The van der Waals surface area contributed by atoms with Gasteiger partial charge in [-0.05, 0) is 0 Å². The van der Waals surface area contributed by atoms with E-state index in [-0.39, 0.29) is 6.61 Å². The molecule has 2 aromatic heterocycles. The number of hydrogen-bond donors (Lipinski definition) is 2. The number of hydrazone groups is 1. The molecule has 0 aliphatic carbocycles. The molecule has 0 atom stereocenters. The fraction of sp³-hybridized carbons (Fsp3) is 0.353. The maximum absolute atomic E-state index is 11.5. The third kappa shape index (κ3) is 5.61. The SMILES string of the molecule is CCC(N=Nc1cc[n+](CCO)cc1)=NNc1cc[n+]([O-])c(CC)c1. The number of nitrogens with one attached hydrogen (secondary N) is 1. The first kappa shape index (κ1) is 18.5. The Balaban J connectivity index is 2.04. The summed E-state index contributed by atoms with van der Waals surface area (Å²) in [6, 6.07) is 7.06. The topological polar surface area (TPSA) is 100 Å². The standard InChI is InChI=1S/C17H22N6O2/c1-3-16-13-15(7-10-23(16)25)19-21-17(4-2)20-18-14-5-8-22(9-6-14)11-12-24/h5-10,13,24H,3-4,11-12H2,1-2H3/p+1. The lowest BCUT2D eigenvalue weighted by atomic mass is 10.3. The summed E-state index contributed by atoms with van der Waals surface area (Å²) < 4.78 is 2.70. The van der Waals surface area contributed by atoms with Crippen LogP contribution in [-0.2, 0) is 13.0 Å². The Morgan fingerprint density at radius 3 is 2.60 bits per heavy atom. The van der Waals surface area contributed by atoms with E-state index in [9.17, 15) is 5.21 Å². The number of hydrogen-bond acceptors (Lipinski definition) is 5. The minimum Gasteiger partial charge on any atom is -0.618 e. The van der Waals surface area contributed by atoms with Crippen LogP contribution in [0.1, 0.15) is 26.0 Å². The Kier molecular flexibility index (Phi) is 6.97. The number of azo groups is 1. The van der Waals surface area contributed by atoms with E-state index < -0.39 is 0 Å². The van der Waals surface area contributed by atoms with Gasteiger partial charge in [0.25, 0.3) is 0 Å². The summed E-state index contributed by atoms with van der Waals surface area (Å²) in [6.45, 7) is 4.50. The molecule has 2 N–H and O–H groups in total. The minimum absolute atomic E-state index is 0.0927. The van der Waals surface area contributed by atoms with Crippen molar-refractivity contribution < 1.29 is 14.4 Å². The van der Waals surface area contributed by atoms with Crippen LogP contribution in [0, 0.1) is 5.21 Å². The smallest absolute Gasteiger partial charge is 0.194 e. The number of anilines is 1. The number of rotatable bonds is 7. The van der Waals surface area contributed by atoms with Gasteiger partial charge in [0.05, 0.1) is 11.4 Å². The highest BCUT2D eigenvalue weighted by Crippen LogP contribution is 2.10. The molecule has 8 heteroatoms. The first-order chi connectivity index (χ1) is 12.2. The molecule has 0 aromatic carbocycles. The maximum atomic E-state index is 11.5. The molecule has 2 aromatic rings. The first-order valence-corrected chi connectivity index (χ1v) is 8.22. The van der Waals surface area contributed by atoms with Gasteiger partial charge in [0, 0.05) is 37.1 Å². The number of amidine groups is 1. The highest BCUT2D eigenvalue weighted by molar-refractivity contribution is 5.83. The van der Waals surface area contributed by atoms with Gasteiger partial charge in [-0.3, -0.25) is 5.43 Å². The van der Waals surface area contributed by atoms with Crippen LogP contribution < -0.4 is 14.7 Å². The molecule has 2 heterocycles. The molecule has 0 saturated heterocycles. The van der Waals surface area contributed by atoms with Crippen molar-refractivity contribution >= 4 is 17.2 Å². The number of aliphatic hydroxyl groups is 1. The zero-order valence-corrected chi connectivity index (χ0v) is 14.5. The second kappa shape index (κ2) is 9.43. The molecule has 0 radical (unpaired) electrons. The van der Waals surface area contributed by atoms with Crippen molar-refractivity contribution in [2.75, 3.05) is 12.0 Å². The second-order valence-electron chi connectivity index (χ2n) is 5.30. The van der Waals surface area contributed by atoms with Gasteiger partial charge in [-0.1, -0.05) is 13.8 Å². The van der Waals surface area contributed by atoms with Gasteiger partial charge in [-0.2, -0.15) is 9.83 Å². The van der Waals surface area contributed by atoms with Gasteiger partial charge in [-0.25, -0.2) is 4.57 Å². The van der Waals surface area contributed by atoms with E-state index in [1.54, 1.807) is 12.1 Å². The zero-order chi connectivity index (χ0) is 18.1. The molecule has 0 aliphatic heterocycles. The highest BCUT2D eigenvalue weighted by Gasteiger charge is 2.04. The number of aromatic nitrogens is 2. The predicted octanol–water partition coefficient (Wildman–Crippen LogP) is 2.08. The largest absolute Gasteiger partial charge is 0.618 e. The van der Waals surface area contributed by atoms with Gasteiger partial charge in [-0.15, -0.1) is 10.2 Å². The van der Waals surface area contributed by atoms with Crippen LogP contribution in [0.2, 0.25) is 0 Å². The van der Waals surface area contributed by atoms with E-state index in [0.29, 0.717) is 36.6 Å². The quantitative estimate of drug-likeness (QED) is 0.201. The Bertz CT molecular complexity index is 743. The number of aryl methyl sites for hydroxylation is 1. The van der Waals surface area contributed by atoms with Crippen LogP contribution >= 0.6 is 0 Å². The van der Waals surface area contributed by atoms with E-state index in [4.69, 9.17) is 5.11 Å². The molecule has 0 aliphatic rings. The molecule has 0 unspecified atom stereocenters. The third-order valence-electron chi connectivity index (χ3n) is 3.50. The molecule has 2 rings (SSSR count). The number of pyridine rings is 2. The maximum Gasteiger partial charge on any atom is 0.194 e. The van der Waals surface area contributed by atoms with Gasteiger partial charge >= 0.3 is 0 Å². The van der Waals surface area contributed by atoms with Crippen LogP contribution in [0.25, 0.3) is 0 Å². The molecule has 0 spiro atoms. The molecule has 0 bridgehead atoms.